The highest BCUT2D eigenvalue weighted by Gasteiger charge is 2.13. The van der Waals surface area contributed by atoms with Gasteiger partial charge in [0.2, 0.25) is 5.95 Å². The van der Waals surface area contributed by atoms with Gasteiger partial charge in [0, 0.05) is 11.6 Å². The number of nitrogens with one attached hydrogen (secondary N) is 2. The highest BCUT2D eigenvalue weighted by molar-refractivity contribution is 6.10. The second kappa shape index (κ2) is 4.96. The van der Waals surface area contributed by atoms with Crippen molar-refractivity contribution in [3.8, 4) is 6.01 Å². The van der Waals surface area contributed by atoms with E-state index < -0.39 is 0 Å². The monoisotopic (exact) mass is 269 g/mol. The molecule has 0 saturated heterocycles. The molecule has 2 N–H and O–H groups in total. The summed E-state index contributed by atoms with van der Waals surface area (Å²) in [4.78, 5) is 20.3. The molecule has 2 heterocycles. The summed E-state index contributed by atoms with van der Waals surface area (Å²) in [6.45, 7) is 0. The minimum absolute atomic E-state index is 0.158. The van der Waals surface area contributed by atoms with Gasteiger partial charge in [0.1, 0.15) is 5.69 Å². The predicted octanol–water partition coefficient (Wildman–Crippen LogP) is 1.61. The van der Waals surface area contributed by atoms with Crippen LogP contribution < -0.4 is 10.1 Å². The molecule has 0 aliphatic heterocycles. The van der Waals surface area contributed by atoms with Gasteiger partial charge in [0.25, 0.3) is 5.91 Å². The lowest BCUT2D eigenvalue weighted by atomic mass is 10.1. The third-order valence-corrected chi connectivity index (χ3v) is 2.77. The number of carbonyl (C=O) groups is 1. The van der Waals surface area contributed by atoms with E-state index in [1.54, 1.807) is 6.20 Å². The normalized spacial score (nSPS) is 10.4. The summed E-state index contributed by atoms with van der Waals surface area (Å²) < 4.78 is 4.83. The van der Waals surface area contributed by atoms with Crippen LogP contribution in [0.3, 0.4) is 0 Å². The molecule has 0 aliphatic rings. The van der Waals surface area contributed by atoms with Gasteiger partial charge < -0.3 is 4.74 Å². The fourth-order valence-electron chi connectivity index (χ4n) is 1.86. The number of pyridine rings is 1. The number of rotatable bonds is 3. The molecule has 0 bridgehead atoms. The Morgan fingerprint density at radius 2 is 2.15 bits per heavy atom. The van der Waals surface area contributed by atoms with E-state index in [0.717, 1.165) is 10.8 Å². The van der Waals surface area contributed by atoms with Gasteiger partial charge in [-0.2, -0.15) is 4.98 Å². The number of hydrogen-bond donors (Lipinski definition) is 2. The molecule has 2 aromatic heterocycles. The van der Waals surface area contributed by atoms with Crippen LogP contribution in [0.1, 0.15) is 10.5 Å². The van der Waals surface area contributed by atoms with Crippen molar-refractivity contribution in [2.24, 2.45) is 0 Å². The molecule has 3 aromatic rings. The van der Waals surface area contributed by atoms with Crippen molar-refractivity contribution in [1.82, 2.24) is 20.2 Å². The number of methoxy groups -OCH3 is 1. The number of benzene rings is 1. The van der Waals surface area contributed by atoms with E-state index in [1.807, 2.05) is 30.3 Å². The Balaban J connectivity index is 1.92. The predicted molar refractivity (Wildman–Crippen MR) is 72.6 cm³/mol. The van der Waals surface area contributed by atoms with Crippen LogP contribution in [0, 0.1) is 0 Å². The number of fused-ring (bicyclic) bond motifs is 1. The Bertz CT molecular complexity index is 763. The molecule has 7 nitrogen and oxygen atoms in total. The summed E-state index contributed by atoms with van der Waals surface area (Å²) in [7, 11) is 1.45. The van der Waals surface area contributed by atoms with Gasteiger partial charge >= 0.3 is 6.01 Å². The fraction of sp³-hybridized carbons (Fsp3) is 0.0769. The summed E-state index contributed by atoms with van der Waals surface area (Å²) in [5.41, 5.74) is 0.332. The topological polar surface area (TPSA) is 92.8 Å². The minimum atomic E-state index is -0.361. The first kappa shape index (κ1) is 12.1. The first-order valence-corrected chi connectivity index (χ1v) is 5.89. The summed E-state index contributed by atoms with van der Waals surface area (Å²) in [5, 5.41) is 10.6. The Morgan fingerprint density at radius 1 is 1.30 bits per heavy atom. The average molecular weight is 269 g/mol. The molecule has 1 aromatic carbocycles. The van der Waals surface area contributed by atoms with Crippen LogP contribution in [-0.4, -0.2) is 33.2 Å². The molecule has 0 spiro atoms. The SMILES string of the molecule is COc1n[nH]c(NC(=O)c2nccc3ccccc23)n1. The molecule has 0 aliphatic carbocycles. The zero-order valence-electron chi connectivity index (χ0n) is 10.6. The molecular weight excluding hydrogens is 258 g/mol. The van der Waals surface area contributed by atoms with Gasteiger partial charge in [-0.1, -0.05) is 24.3 Å². The van der Waals surface area contributed by atoms with Gasteiger partial charge in [0.15, 0.2) is 0 Å². The molecular formula is C13H11N5O2. The first-order valence-electron chi connectivity index (χ1n) is 5.89. The summed E-state index contributed by atoms with van der Waals surface area (Å²) in [6, 6.07) is 9.54. The summed E-state index contributed by atoms with van der Waals surface area (Å²) >= 11 is 0. The number of H-pyrrole nitrogens is 1. The number of nitrogens with zero attached hydrogens (tertiary/aromatic N) is 3. The Kier molecular flexibility index (Phi) is 3.00. The third-order valence-electron chi connectivity index (χ3n) is 2.77. The average Bonchev–Trinajstić information content (AvgIpc) is 2.94. The summed E-state index contributed by atoms with van der Waals surface area (Å²) in [5.74, 6) is -0.151. The van der Waals surface area contributed by atoms with Crippen LogP contribution in [-0.2, 0) is 0 Å². The van der Waals surface area contributed by atoms with Crippen molar-refractivity contribution in [3.05, 3.63) is 42.2 Å². The van der Waals surface area contributed by atoms with Crippen LogP contribution in [0.5, 0.6) is 6.01 Å². The molecule has 0 fully saturated rings. The van der Waals surface area contributed by atoms with Gasteiger partial charge in [-0.25, -0.2) is 5.10 Å². The molecule has 100 valence electrons. The van der Waals surface area contributed by atoms with Gasteiger partial charge in [-0.05, 0) is 11.5 Å². The standard InChI is InChI=1S/C13H11N5O2/c1-20-13-16-12(17-18-13)15-11(19)10-9-5-3-2-4-8(9)6-7-14-10/h2-7H,1H3,(H2,15,16,17,18,19). The molecule has 0 radical (unpaired) electrons. The van der Waals surface area contributed by atoms with E-state index in [4.69, 9.17) is 4.74 Å². The van der Waals surface area contributed by atoms with Gasteiger partial charge in [-0.3, -0.25) is 15.1 Å². The van der Waals surface area contributed by atoms with Gasteiger partial charge in [0.05, 0.1) is 7.11 Å². The lowest BCUT2D eigenvalue weighted by molar-refractivity contribution is 0.102. The van der Waals surface area contributed by atoms with E-state index in [-0.39, 0.29) is 17.9 Å². The van der Waals surface area contributed by atoms with E-state index in [9.17, 15) is 4.79 Å². The van der Waals surface area contributed by atoms with Crippen molar-refractivity contribution in [2.75, 3.05) is 12.4 Å². The quantitative estimate of drug-likeness (QED) is 0.753. The molecule has 0 unspecified atom stereocenters. The number of anilines is 1. The number of aromatic nitrogens is 4. The molecule has 0 saturated carbocycles. The van der Waals surface area contributed by atoms with Crippen LogP contribution in [0.15, 0.2) is 36.5 Å². The second-order valence-corrected chi connectivity index (χ2v) is 4.01. The van der Waals surface area contributed by atoms with Crippen molar-refractivity contribution in [2.45, 2.75) is 0 Å². The number of ether oxygens (including phenoxy) is 1. The Hall–Kier alpha value is -2.96. The zero-order chi connectivity index (χ0) is 13.9. The number of hydrogen-bond acceptors (Lipinski definition) is 5. The van der Waals surface area contributed by atoms with Crippen molar-refractivity contribution < 1.29 is 9.53 Å². The van der Waals surface area contributed by atoms with E-state index in [2.05, 4.69) is 25.5 Å². The first-order chi connectivity index (χ1) is 9.78. The van der Waals surface area contributed by atoms with Crippen molar-refractivity contribution in [1.29, 1.82) is 0 Å². The number of carbonyl (C=O) groups excluding carboxylic acids is 1. The molecule has 20 heavy (non-hydrogen) atoms. The third kappa shape index (κ3) is 2.16. The Labute approximate surface area is 114 Å². The fourth-order valence-corrected chi connectivity index (χ4v) is 1.86. The van der Waals surface area contributed by atoms with E-state index in [0.29, 0.717) is 5.69 Å². The molecule has 1 amide bonds. The van der Waals surface area contributed by atoms with Crippen LogP contribution in [0.25, 0.3) is 10.8 Å². The molecule has 0 atom stereocenters. The van der Waals surface area contributed by atoms with Crippen LogP contribution in [0.2, 0.25) is 0 Å². The van der Waals surface area contributed by atoms with Crippen LogP contribution in [0.4, 0.5) is 5.95 Å². The zero-order valence-corrected chi connectivity index (χ0v) is 10.6. The van der Waals surface area contributed by atoms with Gasteiger partial charge in [-0.15, -0.1) is 5.10 Å². The maximum Gasteiger partial charge on any atom is 0.336 e. The lowest BCUT2D eigenvalue weighted by Crippen LogP contribution is -2.15. The molecule has 7 heteroatoms. The largest absolute Gasteiger partial charge is 0.466 e. The van der Waals surface area contributed by atoms with Crippen LogP contribution >= 0.6 is 0 Å². The van der Waals surface area contributed by atoms with E-state index in [1.165, 1.54) is 7.11 Å². The smallest absolute Gasteiger partial charge is 0.336 e. The minimum Gasteiger partial charge on any atom is -0.466 e. The number of aromatic amines is 1. The maximum atomic E-state index is 12.2. The highest BCUT2D eigenvalue weighted by atomic mass is 16.5. The molecule has 3 rings (SSSR count). The van der Waals surface area contributed by atoms with Crippen molar-refractivity contribution in [3.63, 3.8) is 0 Å². The lowest BCUT2D eigenvalue weighted by Gasteiger charge is -2.04. The summed E-state index contributed by atoms with van der Waals surface area (Å²) in [6.07, 6.45) is 1.60. The Morgan fingerprint density at radius 3 is 2.95 bits per heavy atom. The number of amides is 1. The highest BCUT2D eigenvalue weighted by Crippen LogP contribution is 2.17. The van der Waals surface area contributed by atoms with Crippen molar-refractivity contribution >= 4 is 22.6 Å². The second-order valence-electron chi connectivity index (χ2n) is 4.01. The maximum absolute atomic E-state index is 12.2. The van der Waals surface area contributed by atoms with E-state index >= 15 is 0 Å².